The lowest BCUT2D eigenvalue weighted by molar-refractivity contribution is 0.411. The molecule has 0 amide bonds. The third kappa shape index (κ3) is 3.12. The van der Waals surface area contributed by atoms with E-state index in [0.717, 1.165) is 5.56 Å². The van der Waals surface area contributed by atoms with E-state index in [-0.39, 0.29) is 10.6 Å². The zero-order chi connectivity index (χ0) is 13.8. The molecular formula is C14H14FNO2S. The molecule has 2 aromatic rings. The van der Waals surface area contributed by atoms with Crippen molar-refractivity contribution < 1.29 is 13.3 Å². The Morgan fingerprint density at radius 2 is 2.00 bits per heavy atom. The Morgan fingerprint density at radius 3 is 2.68 bits per heavy atom. The van der Waals surface area contributed by atoms with E-state index in [2.05, 4.69) is 0 Å². The number of nitrogens with two attached hydrogens (primary N) is 1. The minimum Gasteiger partial charge on any atom is -0.496 e. The second-order valence-electron chi connectivity index (χ2n) is 3.99. The van der Waals surface area contributed by atoms with Crippen LogP contribution in [0.4, 0.5) is 10.1 Å². The molecule has 1 atom stereocenters. The number of methoxy groups -OCH3 is 1. The van der Waals surface area contributed by atoms with E-state index in [4.69, 9.17) is 10.5 Å². The van der Waals surface area contributed by atoms with Gasteiger partial charge in [-0.2, -0.15) is 0 Å². The molecule has 0 spiro atoms. The smallest absolute Gasteiger partial charge is 0.139 e. The molecular weight excluding hydrogens is 265 g/mol. The highest BCUT2D eigenvalue weighted by molar-refractivity contribution is 7.84. The number of ether oxygens (including phenoxy) is 1. The summed E-state index contributed by atoms with van der Waals surface area (Å²) in [4.78, 5) is 0.196. The van der Waals surface area contributed by atoms with Crippen LogP contribution in [0.1, 0.15) is 5.56 Å². The van der Waals surface area contributed by atoms with Crippen molar-refractivity contribution in [2.45, 2.75) is 10.6 Å². The number of nitrogen functional groups attached to an aromatic ring is 1. The van der Waals surface area contributed by atoms with E-state index in [1.54, 1.807) is 30.3 Å². The molecule has 0 aliphatic carbocycles. The monoisotopic (exact) mass is 279 g/mol. The van der Waals surface area contributed by atoms with Crippen molar-refractivity contribution in [3.05, 3.63) is 53.8 Å². The van der Waals surface area contributed by atoms with Gasteiger partial charge in [-0.15, -0.1) is 0 Å². The minimum atomic E-state index is -1.46. The molecule has 0 aliphatic rings. The molecule has 0 aromatic heterocycles. The van der Waals surface area contributed by atoms with Gasteiger partial charge in [0, 0.05) is 17.3 Å². The maximum Gasteiger partial charge on any atom is 0.139 e. The zero-order valence-electron chi connectivity index (χ0n) is 10.4. The summed E-state index contributed by atoms with van der Waals surface area (Å²) < 4.78 is 30.9. The molecule has 2 aromatic carbocycles. The summed E-state index contributed by atoms with van der Waals surface area (Å²) in [6.45, 7) is 0. The first kappa shape index (κ1) is 13.5. The number of benzene rings is 2. The maximum atomic E-state index is 13.5. The number of halogens is 1. The van der Waals surface area contributed by atoms with Crippen molar-refractivity contribution in [1.29, 1.82) is 0 Å². The molecule has 100 valence electrons. The van der Waals surface area contributed by atoms with Gasteiger partial charge in [0.15, 0.2) is 0 Å². The highest BCUT2D eigenvalue weighted by atomic mass is 32.2. The molecule has 1 unspecified atom stereocenters. The molecule has 3 nitrogen and oxygen atoms in total. The number of anilines is 1. The quantitative estimate of drug-likeness (QED) is 0.875. The molecule has 0 fully saturated rings. The standard InChI is InChI=1S/C14H14FNO2S/c1-18-13-8-11(16)7-6-10(13)9-19(17)14-5-3-2-4-12(14)15/h2-8H,9,16H2,1H3. The van der Waals surface area contributed by atoms with E-state index in [9.17, 15) is 8.60 Å². The molecule has 0 aliphatic heterocycles. The van der Waals surface area contributed by atoms with Gasteiger partial charge in [-0.05, 0) is 18.2 Å². The van der Waals surface area contributed by atoms with E-state index in [0.29, 0.717) is 11.4 Å². The number of rotatable bonds is 4. The van der Waals surface area contributed by atoms with Gasteiger partial charge in [-0.25, -0.2) is 4.39 Å². The van der Waals surface area contributed by atoms with Crippen LogP contribution in [0.25, 0.3) is 0 Å². The van der Waals surface area contributed by atoms with Gasteiger partial charge in [0.1, 0.15) is 11.6 Å². The highest BCUT2D eigenvalue weighted by Gasteiger charge is 2.13. The Labute approximate surface area is 113 Å². The van der Waals surface area contributed by atoms with Gasteiger partial charge >= 0.3 is 0 Å². The predicted octanol–water partition coefficient (Wildman–Crippen LogP) is 2.72. The molecule has 19 heavy (non-hydrogen) atoms. The van der Waals surface area contributed by atoms with Crippen LogP contribution in [-0.2, 0) is 16.6 Å². The minimum absolute atomic E-state index is 0.185. The lowest BCUT2D eigenvalue weighted by Crippen LogP contribution is -2.01. The second-order valence-corrected chi connectivity index (χ2v) is 5.41. The van der Waals surface area contributed by atoms with Crippen LogP contribution in [0.2, 0.25) is 0 Å². The van der Waals surface area contributed by atoms with Crippen LogP contribution >= 0.6 is 0 Å². The Morgan fingerprint density at radius 1 is 1.26 bits per heavy atom. The van der Waals surface area contributed by atoms with Crippen LogP contribution in [0.5, 0.6) is 5.75 Å². The summed E-state index contributed by atoms with van der Waals surface area (Å²) in [5, 5.41) is 0. The number of hydrogen-bond acceptors (Lipinski definition) is 3. The van der Waals surface area contributed by atoms with E-state index < -0.39 is 16.6 Å². The summed E-state index contributed by atoms with van der Waals surface area (Å²) in [5.41, 5.74) is 6.95. The Kier molecular flexibility index (Phi) is 4.16. The van der Waals surface area contributed by atoms with Crippen LogP contribution in [0.3, 0.4) is 0 Å². The van der Waals surface area contributed by atoms with Gasteiger partial charge < -0.3 is 10.5 Å². The van der Waals surface area contributed by atoms with Crippen LogP contribution in [0.15, 0.2) is 47.4 Å². The van der Waals surface area contributed by atoms with E-state index >= 15 is 0 Å². The molecule has 2 N–H and O–H groups in total. The first-order chi connectivity index (χ1) is 9.11. The first-order valence-electron chi connectivity index (χ1n) is 5.67. The van der Waals surface area contributed by atoms with Crippen molar-refractivity contribution >= 4 is 16.5 Å². The van der Waals surface area contributed by atoms with Gasteiger partial charge in [0.2, 0.25) is 0 Å². The predicted molar refractivity (Wildman–Crippen MR) is 73.9 cm³/mol. The lowest BCUT2D eigenvalue weighted by atomic mass is 10.2. The van der Waals surface area contributed by atoms with Gasteiger partial charge in [0.25, 0.3) is 0 Å². The topological polar surface area (TPSA) is 52.3 Å². The molecule has 0 bridgehead atoms. The lowest BCUT2D eigenvalue weighted by Gasteiger charge is -2.09. The first-order valence-corrected chi connectivity index (χ1v) is 6.99. The van der Waals surface area contributed by atoms with Gasteiger partial charge in [-0.1, -0.05) is 18.2 Å². The average molecular weight is 279 g/mol. The van der Waals surface area contributed by atoms with Crippen LogP contribution in [-0.4, -0.2) is 11.3 Å². The van der Waals surface area contributed by atoms with Crippen LogP contribution < -0.4 is 10.5 Å². The molecule has 2 rings (SSSR count). The molecule has 0 heterocycles. The SMILES string of the molecule is COc1cc(N)ccc1CS(=O)c1ccccc1F. The third-order valence-corrected chi connectivity index (χ3v) is 4.07. The zero-order valence-corrected chi connectivity index (χ0v) is 11.2. The summed E-state index contributed by atoms with van der Waals surface area (Å²) in [6.07, 6.45) is 0. The maximum absolute atomic E-state index is 13.5. The Hall–Kier alpha value is -1.88. The van der Waals surface area contributed by atoms with Crippen molar-refractivity contribution in [2.75, 3.05) is 12.8 Å². The van der Waals surface area contributed by atoms with E-state index in [1.807, 2.05) is 0 Å². The molecule has 0 radical (unpaired) electrons. The highest BCUT2D eigenvalue weighted by Crippen LogP contribution is 2.25. The van der Waals surface area contributed by atoms with Crippen molar-refractivity contribution in [2.24, 2.45) is 0 Å². The summed E-state index contributed by atoms with van der Waals surface area (Å²) in [5.74, 6) is 0.282. The Balaban J connectivity index is 2.27. The fourth-order valence-electron chi connectivity index (χ4n) is 1.73. The van der Waals surface area contributed by atoms with E-state index in [1.165, 1.54) is 19.2 Å². The van der Waals surface area contributed by atoms with Crippen LogP contribution in [0, 0.1) is 5.82 Å². The summed E-state index contributed by atoms with van der Waals surface area (Å²) in [6, 6.07) is 11.2. The largest absolute Gasteiger partial charge is 0.496 e. The summed E-state index contributed by atoms with van der Waals surface area (Å²) in [7, 11) is 0.0579. The summed E-state index contributed by atoms with van der Waals surface area (Å²) >= 11 is 0. The Bertz CT molecular complexity index is 616. The molecule has 0 saturated carbocycles. The van der Waals surface area contributed by atoms with Crippen molar-refractivity contribution in [3.63, 3.8) is 0 Å². The fourth-order valence-corrected chi connectivity index (χ4v) is 2.92. The molecule has 0 saturated heterocycles. The van der Waals surface area contributed by atoms with Gasteiger partial charge in [0.05, 0.1) is 28.6 Å². The molecule has 5 heteroatoms. The second kappa shape index (κ2) is 5.84. The number of hydrogen-bond donors (Lipinski definition) is 1. The van der Waals surface area contributed by atoms with Crippen molar-refractivity contribution in [1.82, 2.24) is 0 Å². The fraction of sp³-hybridized carbons (Fsp3) is 0.143. The van der Waals surface area contributed by atoms with Gasteiger partial charge in [-0.3, -0.25) is 4.21 Å². The third-order valence-electron chi connectivity index (χ3n) is 2.68. The van der Waals surface area contributed by atoms with Crippen molar-refractivity contribution in [3.8, 4) is 5.75 Å². The average Bonchev–Trinajstić information content (AvgIpc) is 2.41. The normalized spacial score (nSPS) is 12.1.